The van der Waals surface area contributed by atoms with Crippen molar-refractivity contribution in [3.8, 4) is 0 Å². The third kappa shape index (κ3) is 0.992. The smallest absolute Gasteiger partial charge is 0.233 e. The molecule has 3 nitrogen and oxygen atoms in total. The molecule has 2 saturated carbocycles. The Bertz CT molecular complexity index is 349. The Morgan fingerprint density at radius 1 is 1.31 bits per heavy atom. The second kappa shape index (κ2) is 2.88. The Morgan fingerprint density at radius 3 is 2.81 bits per heavy atom. The van der Waals surface area contributed by atoms with Crippen LogP contribution in [0.1, 0.15) is 52.4 Å². The summed E-state index contributed by atoms with van der Waals surface area (Å²) < 4.78 is 5.82. The quantitative estimate of drug-likeness (QED) is 0.684. The fourth-order valence-electron chi connectivity index (χ4n) is 4.52. The molecule has 1 N–H and O–H groups in total. The first-order valence-electron chi connectivity index (χ1n) is 6.38. The topological polar surface area (TPSA) is 46.5 Å². The van der Waals surface area contributed by atoms with Crippen molar-refractivity contribution < 1.29 is 14.6 Å². The number of carbonyl (C=O) groups is 1. The van der Waals surface area contributed by atoms with Gasteiger partial charge in [-0.15, -0.1) is 0 Å². The van der Waals surface area contributed by atoms with Crippen molar-refractivity contribution in [3.63, 3.8) is 0 Å². The van der Waals surface area contributed by atoms with Crippen LogP contribution in [-0.4, -0.2) is 22.3 Å². The number of aliphatic hydroxyl groups is 1. The summed E-state index contributed by atoms with van der Waals surface area (Å²) in [6.07, 6.45) is 5.65. The van der Waals surface area contributed by atoms with Crippen LogP contribution in [0.15, 0.2) is 0 Å². The Hall–Kier alpha value is -0.410. The highest BCUT2D eigenvalue weighted by atomic mass is 16.7. The maximum atomic E-state index is 11.9. The molecular formula is C13H20O3. The summed E-state index contributed by atoms with van der Waals surface area (Å²) in [6.45, 7) is 4.04. The van der Waals surface area contributed by atoms with Crippen molar-refractivity contribution in [2.24, 2.45) is 11.3 Å². The van der Waals surface area contributed by atoms with Gasteiger partial charge in [0.1, 0.15) is 0 Å². The van der Waals surface area contributed by atoms with Crippen molar-refractivity contribution in [2.75, 3.05) is 0 Å². The minimum Gasteiger partial charge on any atom is -0.359 e. The van der Waals surface area contributed by atoms with Gasteiger partial charge < -0.3 is 9.84 Å². The van der Waals surface area contributed by atoms with Crippen molar-refractivity contribution >= 4 is 5.78 Å². The van der Waals surface area contributed by atoms with E-state index in [9.17, 15) is 9.90 Å². The fourth-order valence-corrected chi connectivity index (χ4v) is 4.52. The predicted molar refractivity (Wildman–Crippen MR) is 58.7 cm³/mol. The van der Waals surface area contributed by atoms with E-state index < -0.39 is 5.79 Å². The van der Waals surface area contributed by atoms with Gasteiger partial charge in [-0.3, -0.25) is 4.79 Å². The molecule has 90 valence electrons. The predicted octanol–water partition coefficient (Wildman–Crippen LogP) is 2.02. The first-order valence-corrected chi connectivity index (χ1v) is 6.38. The zero-order valence-electron chi connectivity index (χ0n) is 10.1. The van der Waals surface area contributed by atoms with Gasteiger partial charge in [0.05, 0.1) is 5.60 Å². The summed E-state index contributed by atoms with van der Waals surface area (Å²) in [5.74, 6) is -1.23. The molecular weight excluding hydrogens is 204 g/mol. The van der Waals surface area contributed by atoms with E-state index >= 15 is 0 Å². The number of carbonyl (C=O) groups excluding carboxylic acids is 1. The molecule has 2 aliphatic carbocycles. The first kappa shape index (κ1) is 10.7. The molecule has 3 aliphatic rings. The summed E-state index contributed by atoms with van der Waals surface area (Å²) in [5, 5.41) is 10.6. The standard InChI is InChI=1S/C13H20O3/c1-11(2)9-5-3-4-7-12(9)8-6-10(14)13(12,15)16-11/h9,15H,3-8H2,1-2H3/t9-,12+,13+/m0/s1. The molecule has 0 radical (unpaired) electrons. The molecule has 1 heterocycles. The second-order valence-corrected chi connectivity index (χ2v) is 6.23. The van der Waals surface area contributed by atoms with E-state index in [0.29, 0.717) is 12.3 Å². The molecule has 0 unspecified atom stereocenters. The molecule has 3 atom stereocenters. The van der Waals surface area contributed by atoms with Crippen LogP contribution in [0.3, 0.4) is 0 Å². The van der Waals surface area contributed by atoms with Crippen LogP contribution in [0.5, 0.6) is 0 Å². The highest BCUT2D eigenvalue weighted by molar-refractivity contribution is 5.89. The average molecular weight is 224 g/mol. The van der Waals surface area contributed by atoms with E-state index in [1.165, 1.54) is 6.42 Å². The average Bonchev–Trinajstić information content (AvgIpc) is 2.55. The van der Waals surface area contributed by atoms with Gasteiger partial charge in [-0.25, -0.2) is 0 Å². The van der Waals surface area contributed by atoms with Crippen LogP contribution in [0.25, 0.3) is 0 Å². The molecule has 1 saturated heterocycles. The Kier molecular flexibility index (Phi) is 1.93. The Balaban J connectivity index is 2.12. The molecule has 3 rings (SSSR count). The molecule has 1 aliphatic heterocycles. The van der Waals surface area contributed by atoms with Crippen LogP contribution < -0.4 is 0 Å². The molecule has 3 fully saturated rings. The van der Waals surface area contributed by atoms with Crippen LogP contribution in [0.2, 0.25) is 0 Å². The van der Waals surface area contributed by atoms with Crippen molar-refractivity contribution in [3.05, 3.63) is 0 Å². The van der Waals surface area contributed by atoms with Gasteiger partial charge in [-0.1, -0.05) is 12.8 Å². The van der Waals surface area contributed by atoms with Gasteiger partial charge in [0.25, 0.3) is 0 Å². The monoisotopic (exact) mass is 224 g/mol. The zero-order valence-corrected chi connectivity index (χ0v) is 10.1. The maximum absolute atomic E-state index is 11.9. The van der Waals surface area contributed by atoms with Crippen LogP contribution in [0.4, 0.5) is 0 Å². The summed E-state index contributed by atoms with van der Waals surface area (Å²) >= 11 is 0. The van der Waals surface area contributed by atoms with E-state index in [1.807, 2.05) is 13.8 Å². The lowest BCUT2D eigenvalue weighted by atomic mass is 9.60. The molecule has 0 aromatic rings. The molecule has 3 heteroatoms. The number of rotatable bonds is 0. The highest BCUT2D eigenvalue weighted by Crippen LogP contribution is 2.66. The van der Waals surface area contributed by atoms with Gasteiger partial charge in [-0.2, -0.15) is 0 Å². The molecule has 0 bridgehead atoms. The van der Waals surface area contributed by atoms with Crippen molar-refractivity contribution in [2.45, 2.75) is 63.8 Å². The van der Waals surface area contributed by atoms with Crippen LogP contribution >= 0.6 is 0 Å². The molecule has 16 heavy (non-hydrogen) atoms. The molecule has 1 spiro atoms. The number of hydrogen-bond acceptors (Lipinski definition) is 3. The summed E-state index contributed by atoms with van der Waals surface area (Å²) in [5.41, 5.74) is -0.628. The zero-order chi connectivity index (χ0) is 11.6. The number of hydrogen-bond donors (Lipinski definition) is 1. The van der Waals surface area contributed by atoms with E-state index in [-0.39, 0.29) is 16.8 Å². The Labute approximate surface area is 96.2 Å². The molecule has 0 aromatic heterocycles. The van der Waals surface area contributed by atoms with Gasteiger partial charge in [0, 0.05) is 11.8 Å². The van der Waals surface area contributed by atoms with Gasteiger partial charge >= 0.3 is 0 Å². The van der Waals surface area contributed by atoms with Gasteiger partial charge in [0.2, 0.25) is 5.79 Å². The summed E-state index contributed by atoms with van der Waals surface area (Å²) in [4.78, 5) is 11.9. The number of Topliss-reactive ketones (excluding diaryl/α,β-unsaturated/α-hetero) is 1. The largest absolute Gasteiger partial charge is 0.359 e. The van der Waals surface area contributed by atoms with Crippen LogP contribution in [0, 0.1) is 11.3 Å². The van der Waals surface area contributed by atoms with Crippen molar-refractivity contribution in [1.82, 2.24) is 0 Å². The molecule has 0 aromatic carbocycles. The minimum absolute atomic E-state index is 0.0926. The SMILES string of the molecule is CC1(C)O[C@]2(O)C(=O)CC[C@@]23CCCC[C@@H]13. The van der Waals surface area contributed by atoms with Gasteiger partial charge in [0.15, 0.2) is 5.78 Å². The number of ether oxygens (including phenoxy) is 1. The third-order valence-electron chi connectivity index (χ3n) is 5.13. The second-order valence-electron chi connectivity index (χ2n) is 6.23. The highest BCUT2D eigenvalue weighted by Gasteiger charge is 2.73. The fraction of sp³-hybridized carbons (Fsp3) is 0.923. The minimum atomic E-state index is -1.47. The van der Waals surface area contributed by atoms with E-state index in [4.69, 9.17) is 4.74 Å². The van der Waals surface area contributed by atoms with E-state index in [1.54, 1.807) is 0 Å². The number of ketones is 1. The Morgan fingerprint density at radius 2 is 2.06 bits per heavy atom. The molecule has 0 amide bonds. The lowest BCUT2D eigenvalue weighted by Crippen LogP contribution is -2.49. The normalized spacial score (nSPS) is 50.2. The lowest BCUT2D eigenvalue weighted by Gasteiger charge is -2.42. The summed E-state index contributed by atoms with van der Waals surface area (Å²) in [7, 11) is 0. The summed E-state index contributed by atoms with van der Waals surface area (Å²) in [6, 6.07) is 0. The maximum Gasteiger partial charge on any atom is 0.233 e. The lowest BCUT2D eigenvalue weighted by molar-refractivity contribution is -0.232. The third-order valence-corrected chi connectivity index (χ3v) is 5.13. The first-order chi connectivity index (χ1) is 7.42. The van der Waals surface area contributed by atoms with Crippen molar-refractivity contribution in [1.29, 1.82) is 0 Å². The van der Waals surface area contributed by atoms with E-state index in [2.05, 4.69) is 0 Å². The van der Waals surface area contributed by atoms with Crippen LogP contribution in [-0.2, 0) is 9.53 Å². The van der Waals surface area contributed by atoms with E-state index in [0.717, 1.165) is 25.7 Å². The van der Waals surface area contributed by atoms with Gasteiger partial charge in [-0.05, 0) is 39.0 Å².